The Hall–Kier alpha value is -1.06. The molecule has 0 spiro atoms. The number of fused-ring (bicyclic) bond motifs is 1. The predicted molar refractivity (Wildman–Crippen MR) is 125 cm³/mol. The summed E-state index contributed by atoms with van der Waals surface area (Å²) in [6, 6.07) is 8.26. The van der Waals surface area contributed by atoms with Crippen LogP contribution in [0.25, 0.3) is 0 Å². The van der Waals surface area contributed by atoms with Gasteiger partial charge in [-0.1, -0.05) is 18.2 Å². The molecule has 0 saturated carbocycles. The Morgan fingerprint density at radius 2 is 1.93 bits per heavy atom. The first kappa shape index (κ1) is 23.2. The minimum Gasteiger partial charge on any atom is -0.488 e. The first-order valence-electron chi connectivity index (χ1n) is 10.3. The van der Waals surface area contributed by atoms with Gasteiger partial charge in [-0.15, -0.1) is 24.0 Å². The van der Waals surface area contributed by atoms with Crippen LogP contribution in [0.4, 0.5) is 0 Å². The maximum Gasteiger partial charge on any atom is 0.191 e. The van der Waals surface area contributed by atoms with Crippen molar-refractivity contribution in [3.05, 3.63) is 29.8 Å². The lowest BCUT2D eigenvalue weighted by atomic mass is 10.1. The Balaban J connectivity index is 0.00000280. The van der Waals surface area contributed by atoms with Gasteiger partial charge >= 0.3 is 0 Å². The zero-order valence-corrected chi connectivity index (χ0v) is 19.6. The van der Waals surface area contributed by atoms with E-state index >= 15 is 0 Å². The number of rotatable bonds is 7. The van der Waals surface area contributed by atoms with E-state index in [0.29, 0.717) is 18.8 Å². The summed E-state index contributed by atoms with van der Waals surface area (Å²) in [5.41, 5.74) is 1.28. The van der Waals surface area contributed by atoms with Crippen LogP contribution in [0.3, 0.4) is 0 Å². The summed E-state index contributed by atoms with van der Waals surface area (Å²) in [7, 11) is 0. The third-order valence-electron chi connectivity index (χ3n) is 4.95. The summed E-state index contributed by atoms with van der Waals surface area (Å²) in [4.78, 5) is 7.22. The topological polar surface area (TPSA) is 58.1 Å². The zero-order valence-electron chi connectivity index (χ0n) is 17.3. The smallest absolute Gasteiger partial charge is 0.191 e. The van der Waals surface area contributed by atoms with Crippen molar-refractivity contribution in [3.8, 4) is 5.75 Å². The molecule has 0 aliphatic carbocycles. The highest BCUT2D eigenvalue weighted by molar-refractivity contribution is 14.0. The summed E-state index contributed by atoms with van der Waals surface area (Å²) in [6.07, 6.45) is 2.82. The average molecular weight is 502 g/mol. The van der Waals surface area contributed by atoms with Gasteiger partial charge in [0.2, 0.25) is 0 Å². The van der Waals surface area contributed by atoms with Crippen molar-refractivity contribution in [3.63, 3.8) is 0 Å². The number of hydrogen-bond acceptors (Lipinski definition) is 4. The van der Waals surface area contributed by atoms with Crippen LogP contribution in [0, 0.1) is 0 Å². The number of guanidine groups is 1. The second-order valence-corrected chi connectivity index (χ2v) is 7.57. The summed E-state index contributed by atoms with van der Waals surface area (Å²) >= 11 is 0. The number of nitrogens with one attached hydrogen (secondary N) is 2. The highest BCUT2D eigenvalue weighted by Crippen LogP contribution is 2.28. The van der Waals surface area contributed by atoms with Crippen molar-refractivity contribution < 1.29 is 9.47 Å². The van der Waals surface area contributed by atoms with Crippen LogP contribution >= 0.6 is 24.0 Å². The number of para-hydroxylation sites is 1. The molecule has 28 heavy (non-hydrogen) atoms. The Labute approximate surface area is 186 Å². The molecule has 0 aromatic heterocycles. The number of halogens is 1. The molecular weight excluding hydrogens is 467 g/mol. The predicted octanol–water partition coefficient (Wildman–Crippen LogP) is 2.66. The van der Waals surface area contributed by atoms with E-state index in [1.54, 1.807) is 0 Å². The first-order chi connectivity index (χ1) is 13.1. The monoisotopic (exact) mass is 502 g/mol. The van der Waals surface area contributed by atoms with Crippen LogP contribution in [-0.2, 0) is 11.2 Å². The molecule has 1 fully saturated rings. The molecule has 2 heterocycles. The van der Waals surface area contributed by atoms with Gasteiger partial charge in [0.1, 0.15) is 11.9 Å². The fraction of sp³-hybridized carbons (Fsp3) is 0.667. The molecule has 1 aromatic carbocycles. The van der Waals surface area contributed by atoms with Crippen molar-refractivity contribution in [1.82, 2.24) is 15.5 Å². The number of hydrogen-bond donors (Lipinski definition) is 2. The van der Waals surface area contributed by atoms with Gasteiger partial charge in [0.25, 0.3) is 0 Å². The molecule has 2 aliphatic heterocycles. The van der Waals surface area contributed by atoms with Gasteiger partial charge in [-0.3, -0.25) is 4.90 Å². The molecule has 0 amide bonds. The van der Waals surface area contributed by atoms with Crippen molar-refractivity contribution >= 4 is 29.9 Å². The molecule has 2 aliphatic rings. The van der Waals surface area contributed by atoms with E-state index in [1.165, 1.54) is 5.56 Å². The second-order valence-electron chi connectivity index (χ2n) is 7.57. The number of morpholine rings is 1. The molecule has 3 unspecified atom stereocenters. The third-order valence-corrected chi connectivity index (χ3v) is 4.95. The van der Waals surface area contributed by atoms with Crippen molar-refractivity contribution in [2.45, 2.75) is 51.9 Å². The lowest BCUT2D eigenvalue weighted by molar-refractivity contribution is -0.0679. The van der Waals surface area contributed by atoms with E-state index in [4.69, 9.17) is 14.5 Å². The van der Waals surface area contributed by atoms with Crippen LogP contribution in [0.1, 0.15) is 32.8 Å². The maximum absolute atomic E-state index is 5.98. The van der Waals surface area contributed by atoms with Crippen molar-refractivity contribution in [2.24, 2.45) is 4.99 Å². The SMILES string of the molecule is CCNC(=NCC1Cc2ccccc2O1)NCCCN1CC(C)OC(C)C1.I. The number of nitrogens with zero attached hydrogens (tertiary/aromatic N) is 2. The standard InChI is InChI=1S/C21H34N4O2.HI/c1-4-22-21(23-10-7-11-25-14-16(2)26-17(3)15-25)24-13-19-12-18-8-5-6-9-20(18)27-19;/h5-6,8-9,16-17,19H,4,7,10-15H2,1-3H3,(H2,22,23,24);1H. The van der Waals surface area contributed by atoms with Crippen LogP contribution in [0.15, 0.2) is 29.3 Å². The Bertz CT molecular complexity index is 593. The molecular formula is C21H35IN4O2. The van der Waals surface area contributed by atoms with Gasteiger partial charge in [-0.05, 0) is 38.8 Å². The Morgan fingerprint density at radius 1 is 1.18 bits per heavy atom. The molecule has 2 N–H and O–H groups in total. The first-order valence-corrected chi connectivity index (χ1v) is 10.3. The van der Waals surface area contributed by atoms with Crippen molar-refractivity contribution in [2.75, 3.05) is 39.3 Å². The molecule has 0 radical (unpaired) electrons. The second kappa shape index (κ2) is 11.8. The molecule has 3 atom stereocenters. The number of ether oxygens (including phenoxy) is 2. The van der Waals surface area contributed by atoms with E-state index in [0.717, 1.165) is 57.3 Å². The minimum atomic E-state index is 0. The van der Waals surface area contributed by atoms with Crippen LogP contribution in [0.5, 0.6) is 5.75 Å². The van der Waals surface area contributed by atoms with Gasteiger partial charge in [-0.25, -0.2) is 4.99 Å². The van der Waals surface area contributed by atoms with E-state index in [1.807, 2.05) is 12.1 Å². The highest BCUT2D eigenvalue weighted by atomic mass is 127. The molecule has 7 heteroatoms. The van der Waals surface area contributed by atoms with Gasteiger partial charge in [-0.2, -0.15) is 0 Å². The van der Waals surface area contributed by atoms with E-state index in [-0.39, 0.29) is 30.1 Å². The maximum atomic E-state index is 5.98. The van der Waals surface area contributed by atoms with Gasteiger partial charge < -0.3 is 20.1 Å². The molecule has 1 saturated heterocycles. The fourth-order valence-electron chi connectivity index (χ4n) is 3.87. The molecule has 158 valence electrons. The van der Waals surface area contributed by atoms with E-state index in [9.17, 15) is 0 Å². The van der Waals surface area contributed by atoms with Gasteiger partial charge in [0, 0.05) is 39.1 Å². The highest BCUT2D eigenvalue weighted by Gasteiger charge is 2.22. The van der Waals surface area contributed by atoms with Crippen LogP contribution in [-0.4, -0.2) is 68.4 Å². The molecule has 1 aromatic rings. The lowest BCUT2D eigenvalue weighted by Gasteiger charge is -2.35. The normalized spacial score (nSPS) is 24.8. The largest absolute Gasteiger partial charge is 0.488 e. The van der Waals surface area contributed by atoms with Gasteiger partial charge in [0.05, 0.1) is 18.8 Å². The summed E-state index contributed by atoms with van der Waals surface area (Å²) in [5, 5.41) is 6.78. The fourth-order valence-corrected chi connectivity index (χ4v) is 3.87. The number of aliphatic imine (C=N–C) groups is 1. The number of benzene rings is 1. The van der Waals surface area contributed by atoms with Crippen LogP contribution < -0.4 is 15.4 Å². The Morgan fingerprint density at radius 3 is 2.64 bits per heavy atom. The van der Waals surface area contributed by atoms with Crippen LogP contribution in [0.2, 0.25) is 0 Å². The summed E-state index contributed by atoms with van der Waals surface area (Å²) in [5.74, 6) is 1.88. The van der Waals surface area contributed by atoms with Gasteiger partial charge in [0.15, 0.2) is 5.96 Å². The zero-order chi connectivity index (χ0) is 19.1. The quantitative estimate of drug-likeness (QED) is 0.260. The third kappa shape index (κ3) is 7.08. The molecule has 3 rings (SSSR count). The lowest BCUT2D eigenvalue weighted by Crippen LogP contribution is -2.46. The molecule has 6 nitrogen and oxygen atoms in total. The van der Waals surface area contributed by atoms with E-state index < -0.39 is 0 Å². The summed E-state index contributed by atoms with van der Waals surface area (Å²) < 4.78 is 11.8. The minimum absolute atomic E-state index is 0. The summed E-state index contributed by atoms with van der Waals surface area (Å²) in [6.45, 7) is 12.0. The van der Waals surface area contributed by atoms with Crippen molar-refractivity contribution in [1.29, 1.82) is 0 Å². The molecule has 0 bridgehead atoms. The average Bonchev–Trinajstić information content (AvgIpc) is 3.05. The Kier molecular flexibility index (Phi) is 9.81. The van der Waals surface area contributed by atoms with E-state index in [2.05, 4.69) is 48.4 Å².